The first-order valence-electron chi connectivity index (χ1n) is 7.57. The molecule has 0 spiro atoms. The van der Waals surface area contributed by atoms with Gasteiger partial charge in [0.1, 0.15) is 0 Å². The zero-order valence-electron chi connectivity index (χ0n) is 12.6. The molecule has 1 aliphatic rings. The SMILES string of the molecule is CN(CCCO)C1CCN(Cc2ccc(Cl)cc2Cl)CC1. The van der Waals surface area contributed by atoms with Crippen LogP contribution in [0, 0.1) is 0 Å². The number of hydrogen-bond acceptors (Lipinski definition) is 3. The predicted octanol–water partition coefficient (Wildman–Crippen LogP) is 3.27. The lowest BCUT2D eigenvalue weighted by Gasteiger charge is -2.36. The molecular weight excluding hydrogens is 307 g/mol. The molecule has 0 bridgehead atoms. The van der Waals surface area contributed by atoms with Gasteiger partial charge in [0, 0.05) is 35.8 Å². The summed E-state index contributed by atoms with van der Waals surface area (Å²) in [6.45, 7) is 4.33. The summed E-state index contributed by atoms with van der Waals surface area (Å²) in [5.74, 6) is 0. The molecule has 1 aromatic carbocycles. The summed E-state index contributed by atoms with van der Waals surface area (Å²) in [5.41, 5.74) is 1.15. The first-order chi connectivity index (χ1) is 10.1. The van der Waals surface area contributed by atoms with Crippen LogP contribution in [0.25, 0.3) is 0 Å². The van der Waals surface area contributed by atoms with E-state index in [1.807, 2.05) is 18.2 Å². The summed E-state index contributed by atoms with van der Waals surface area (Å²) in [7, 11) is 2.16. The van der Waals surface area contributed by atoms with Crippen LogP contribution in [0.2, 0.25) is 10.0 Å². The molecule has 3 nitrogen and oxygen atoms in total. The van der Waals surface area contributed by atoms with E-state index in [0.29, 0.717) is 11.1 Å². The van der Waals surface area contributed by atoms with Gasteiger partial charge >= 0.3 is 0 Å². The lowest BCUT2D eigenvalue weighted by molar-refractivity contribution is 0.117. The second-order valence-electron chi connectivity index (χ2n) is 5.80. The Labute approximate surface area is 137 Å². The number of nitrogens with zero attached hydrogens (tertiary/aromatic N) is 2. The highest BCUT2D eigenvalue weighted by Crippen LogP contribution is 2.24. The lowest BCUT2D eigenvalue weighted by Crippen LogP contribution is -2.43. The first kappa shape index (κ1) is 17.0. The molecule has 0 aromatic heterocycles. The average Bonchev–Trinajstić information content (AvgIpc) is 2.48. The van der Waals surface area contributed by atoms with E-state index in [4.69, 9.17) is 28.3 Å². The largest absolute Gasteiger partial charge is 0.396 e. The van der Waals surface area contributed by atoms with Crippen molar-refractivity contribution >= 4 is 23.2 Å². The molecule has 1 fully saturated rings. The molecule has 118 valence electrons. The van der Waals surface area contributed by atoms with Gasteiger partial charge in [0.25, 0.3) is 0 Å². The molecule has 1 aromatic rings. The van der Waals surface area contributed by atoms with Crippen LogP contribution in [-0.2, 0) is 6.54 Å². The molecule has 1 aliphatic heterocycles. The molecule has 1 saturated heterocycles. The van der Waals surface area contributed by atoms with Gasteiger partial charge in [-0.2, -0.15) is 0 Å². The van der Waals surface area contributed by atoms with E-state index in [9.17, 15) is 0 Å². The minimum atomic E-state index is 0.276. The molecule has 2 rings (SSSR count). The van der Waals surface area contributed by atoms with Crippen LogP contribution in [-0.4, -0.2) is 54.2 Å². The van der Waals surface area contributed by atoms with Gasteiger partial charge in [-0.15, -0.1) is 0 Å². The van der Waals surface area contributed by atoms with E-state index in [1.165, 1.54) is 12.8 Å². The maximum absolute atomic E-state index is 8.91. The molecular formula is C16H24Cl2N2O. The zero-order valence-corrected chi connectivity index (χ0v) is 14.1. The molecule has 0 unspecified atom stereocenters. The second-order valence-corrected chi connectivity index (χ2v) is 6.64. The smallest absolute Gasteiger partial charge is 0.0465 e. The molecule has 0 atom stereocenters. The molecule has 1 N–H and O–H groups in total. The predicted molar refractivity (Wildman–Crippen MR) is 89.1 cm³/mol. The molecule has 0 radical (unpaired) electrons. The number of aliphatic hydroxyl groups excluding tert-OH is 1. The Morgan fingerprint density at radius 1 is 1.29 bits per heavy atom. The Balaban J connectivity index is 1.81. The molecule has 1 heterocycles. The Morgan fingerprint density at radius 3 is 2.62 bits per heavy atom. The highest BCUT2D eigenvalue weighted by atomic mass is 35.5. The van der Waals surface area contributed by atoms with Gasteiger partial charge in [0.15, 0.2) is 0 Å². The fourth-order valence-corrected chi connectivity index (χ4v) is 3.38. The van der Waals surface area contributed by atoms with E-state index in [1.54, 1.807) is 0 Å². The third kappa shape index (κ3) is 5.11. The van der Waals surface area contributed by atoms with Crippen LogP contribution in [0.15, 0.2) is 18.2 Å². The van der Waals surface area contributed by atoms with E-state index < -0.39 is 0 Å². The Bertz CT molecular complexity index is 448. The summed E-state index contributed by atoms with van der Waals surface area (Å²) in [6, 6.07) is 6.37. The fourth-order valence-electron chi connectivity index (χ4n) is 2.91. The summed E-state index contributed by atoms with van der Waals surface area (Å²) in [6.07, 6.45) is 3.21. The third-order valence-corrected chi connectivity index (χ3v) is 4.85. The monoisotopic (exact) mass is 330 g/mol. The number of rotatable bonds is 6. The standard InChI is InChI=1S/C16H24Cl2N2O/c1-19(7-2-10-21)15-5-8-20(9-6-15)12-13-3-4-14(17)11-16(13)18/h3-4,11,15,21H,2,5-10,12H2,1H3. The van der Waals surface area contributed by atoms with Crippen LogP contribution in [0.3, 0.4) is 0 Å². The van der Waals surface area contributed by atoms with Gasteiger partial charge < -0.3 is 10.0 Å². The van der Waals surface area contributed by atoms with Gasteiger partial charge in [-0.25, -0.2) is 0 Å². The van der Waals surface area contributed by atoms with Crippen molar-refractivity contribution in [2.45, 2.75) is 31.8 Å². The minimum absolute atomic E-state index is 0.276. The van der Waals surface area contributed by atoms with Crippen molar-refractivity contribution in [1.82, 2.24) is 9.80 Å². The summed E-state index contributed by atoms with van der Waals surface area (Å²) in [4.78, 5) is 4.83. The molecule has 0 amide bonds. The third-order valence-electron chi connectivity index (χ3n) is 4.26. The maximum Gasteiger partial charge on any atom is 0.0465 e. The van der Waals surface area contributed by atoms with Crippen molar-refractivity contribution in [2.24, 2.45) is 0 Å². The van der Waals surface area contributed by atoms with Crippen LogP contribution in [0.1, 0.15) is 24.8 Å². The molecule has 5 heteroatoms. The van der Waals surface area contributed by atoms with Crippen LogP contribution in [0.5, 0.6) is 0 Å². The fraction of sp³-hybridized carbons (Fsp3) is 0.625. The highest BCUT2D eigenvalue weighted by molar-refractivity contribution is 6.35. The van der Waals surface area contributed by atoms with E-state index in [-0.39, 0.29) is 6.61 Å². The van der Waals surface area contributed by atoms with Gasteiger partial charge in [-0.3, -0.25) is 4.90 Å². The van der Waals surface area contributed by atoms with Crippen molar-refractivity contribution in [3.05, 3.63) is 33.8 Å². The Morgan fingerprint density at radius 2 is 2.00 bits per heavy atom. The summed E-state index contributed by atoms with van der Waals surface area (Å²) in [5, 5.41) is 10.4. The number of benzene rings is 1. The normalized spacial score (nSPS) is 17.6. The van der Waals surface area contributed by atoms with Crippen molar-refractivity contribution in [1.29, 1.82) is 0 Å². The Kier molecular flexibility index (Phi) is 6.77. The van der Waals surface area contributed by atoms with Gasteiger partial charge in [0.2, 0.25) is 0 Å². The second kappa shape index (κ2) is 8.35. The van der Waals surface area contributed by atoms with Gasteiger partial charge in [-0.1, -0.05) is 29.3 Å². The Hall–Kier alpha value is -0.320. The number of halogens is 2. The summed E-state index contributed by atoms with van der Waals surface area (Å²) < 4.78 is 0. The lowest BCUT2D eigenvalue weighted by atomic mass is 10.0. The van der Waals surface area contributed by atoms with Crippen molar-refractivity contribution in [3.63, 3.8) is 0 Å². The van der Waals surface area contributed by atoms with Crippen LogP contribution >= 0.6 is 23.2 Å². The van der Waals surface area contributed by atoms with Crippen molar-refractivity contribution in [2.75, 3.05) is 33.3 Å². The van der Waals surface area contributed by atoms with Gasteiger partial charge in [0.05, 0.1) is 0 Å². The summed E-state index contributed by atoms with van der Waals surface area (Å²) >= 11 is 12.2. The highest BCUT2D eigenvalue weighted by Gasteiger charge is 2.22. The van der Waals surface area contributed by atoms with E-state index in [2.05, 4.69) is 16.8 Å². The van der Waals surface area contributed by atoms with Crippen molar-refractivity contribution < 1.29 is 5.11 Å². The first-order valence-corrected chi connectivity index (χ1v) is 8.33. The minimum Gasteiger partial charge on any atom is -0.396 e. The quantitative estimate of drug-likeness (QED) is 0.867. The number of piperidine rings is 1. The van der Waals surface area contributed by atoms with E-state index in [0.717, 1.165) is 43.2 Å². The van der Waals surface area contributed by atoms with Gasteiger partial charge in [-0.05, 0) is 57.1 Å². The van der Waals surface area contributed by atoms with Crippen LogP contribution < -0.4 is 0 Å². The van der Waals surface area contributed by atoms with Crippen molar-refractivity contribution in [3.8, 4) is 0 Å². The molecule has 0 aliphatic carbocycles. The molecule has 0 saturated carbocycles. The molecule has 21 heavy (non-hydrogen) atoms. The topological polar surface area (TPSA) is 26.7 Å². The zero-order chi connectivity index (χ0) is 15.2. The number of likely N-dealkylation sites (tertiary alicyclic amines) is 1. The number of aliphatic hydroxyl groups is 1. The van der Waals surface area contributed by atoms with E-state index >= 15 is 0 Å². The number of hydrogen-bond donors (Lipinski definition) is 1. The maximum atomic E-state index is 8.91. The van der Waals surface area contributed by atoms with Crippen LogP contribution in [0.4, 0.5) is 0 Å². The average molecular weight is 331 g/mol.